The first kappa shape index (κ1) is 12.8. The van der Waals surface area contributed by atoms with Gasteiger partial charge in [0.15, 0.2) is 5.82 Å². The van der Waals surface area contributed by atoms with Crippen LogP contribution in [0.4, 0.5) is 5.69 Å². The fraction of sp³-hybridized carbons (Fsp3) is 0.417. The minimum Gasteiger partial charge on any atom is -0.399 e. The number of nitrogens with zero attached hydrogens (tertiary/aromatic N) is 4. The Morgan fingerprint density at radius 1 is 1.44 bits per heavy atom. The molecule has 18 heavy (non-hydrogen) atoms. The first-order valence-corrected chi connectivity index (χ1v) is 6.31. The van der Waals surface area contributed by atoms with Crippen LogP contribution in [0.1, 0.15) is 20.3 Å². The van der Waals surface area contributed by atoms with E-state index in [1.165, 1.54) is 0 Å². The highest BCUT2D eigenvalue weighted by Crippen LogP contribution is 2.28. The van der Waals surface area contributed by atoms with Crippen LogP contribution in [0.3, 0.4) is 0 Å². The van der Waals surface area contributed by atoms with E-state index in [4.69, 9.17) is 17.3 Å². The van der Waals surface area contributed by atoms with E-state index < -0.39 is 0 Å². The molecule has 0 aliphatic carbocycles. The second-order valence-electron chi connectivity index (χ2n) is 4.44. The molecule has 2 rings (SSSR count). The Bertz CT molecular complexity index is 537. The van der Waals surface area contributed by atoms with Crippen LogP contribution in [0.2, 0.25) is 5.02 Å². The van der Waals surface area contributed by atoms with Crippen molar-refractivity contribution in [2.24, 2.45) is 5.92 Å². The molecule has 0 aliphatic rings. The van der Waals surface area contributed by atoms with Crippen molar-refractivity contribution >= 4 is 17.3 Å². The summed E-state index contributed by atoms with van der Waals surface area (Å²) in [5, 5.41) is 12.4. The standard InChI is InChI=1S/C12H16ClN5/c1-3-8(2)7-18-12(15-16-17-18)10-6-9(14)4-5-11(10)13/h4-6,8H,3,7,14H2,1-2H3. The van der Waals surface area contributed by atoms with Gasteiger partial charge in [0.1, 0.15) is 0 Å². The van der Waals surface area contributed by atoms with Gasteiger partial charge >= 0.3 is 0 Å². The third-order valence-corrected chi connectivity index (χ3v) is 3.27. The number of hydrogen-bond donors (Lipinski definition) is 1. The molecule has 0 saturated carbocycles. The number of rotatable bonds is 4. The van der Waals surface area contributed by atoms with Gasteiger partial charge in [0, 0.05) is 17.8 Å². The van der Waals surface area contributed by atoms with Crippen molar-refractivity contribution in [2.75, 3.05) is 5.73 Å². The number of benzene rings is 1. The Morgan fingerprint density at radius 3 is 2.94 bits per heavy atom. The van der Waals surface area contributed by atoms with E-state index >= 15 is 0 Å². The summed E-state index contributed by atoms with van der Waals surface area (Å²) < 4.78 is 1.77. The van der Waals surface area contributed by atoms with Gasteiger partial charge in [0.05, 0.1) is 5.02 Å². The number of anilines is 1. The van der Waals surface area contributed by atoms with Crippen LogP contribution in [-0.2, 0) is 6.54 Å². The lowest BCUT2D eigenvalue weighted by Crippen LogP contribution is -2.10. The van der Waals surface area contributed by atoms with Gasteiger partial charge in [0.25, 0.3) is 0 Å². The number of aromatic nitrogens is 4. The highest BCUT2D eigenvalue weighted by atomic mass is 35.5. The first-order valence-electron chi connectivity index (χ1n) is 5.93. The average Bonchev–Trinajstić information content (AvgIpc) is 2.80. The maximum atomic E-state index is 6.17. The van der Waals surface area contributed by atoms with E-state index in [1.54, 1.807) is 22.9 Å². The lowest BCUT2D eigenvalue weighted by molar-refractivity contribution is 0.434. The summed E-state index contributed by atoms with van der Waals surface area (Å²) in [6.07, 6.45) is 1.07. The molecular formula is C12H16ClN5. The number of nitrogens with two attached hydrogens (primary N) is 1. The van der Waals surface area contributed by atoms with Crippen LogP contribution in [0.5, 0.6) is 0 Å². The SMILES string of the molecule is CCC(C)Cn1nnnc1-c1cc(N)ccc1Cl. The lowest BCUT2D eigenvalue weighted by atomic mass is 10.1. The molecule has 2 N–H and O–H groups in total. The molecule has 5 nitrogen and oxygen atoms in total. The number of nitrogen functional groups attached to an aromatic ring is 1. The largest absolute Gasteiger partial charge is 0.399 e. The molecule has 1 aromatic carbocycles. The minimum atomic E-state index is 0.507. The third-order valence-electron chi connectivity index (χ3n) is 2.94. The second-order valence-corrected chi connectivity index (χ2v) is 4.84. The zero-order valence-corrected chi connectivity index (χ0v) is 11.2. The summed E-state index contributed by atoms with van der Waals surface area (Å²) in [4.78, 5) is 0. The van der Waals surface area contributed by atoms with Gasteiger partial charge in [0.2, 0.25) is 0 Å². The van der Waals surface area contributed by atoms with E-state index in [1.807, 2.05) is 0 Å². The van der Waals surface area contributed by atoms with Crippen LogP contribution < -0.4 is 5.73 Å². The summed E-state index contributed by atoms with van der Waals surface area (Å²) in [7, 11) is 0. The summed E-state index contributed by atoms with van der Waals surface area (Å²) in [5.74, 6) is 1.17. The molecule has 0 amide bonds. The van der Waals surface area contributed by atoms with Crippen LogP contribution >= 0.6 is 11.6 Å². The number of tetrazole rings is 1. The maximum Gasteiger partial charge on any atom is 0.183 e. The second kappa shape index (κ2) is 5.35. The lowest BCUT2D eigenvalue weighted by Gasteiger charge is -2.10. The van der Waals surface area contributed by atoms with Crippen molar-refractivity contribution in [3.05, 3.63) is 23.2 Å². The van der Waals surface area contributed by atoms with Crippen molar-refractivity contribution < 1.29 is 0 Å². The molecule has 0 saturated heterocycles. The van der Waals surface area contributed by atoms with Crippen LogP contribution in [-0.4, -0.2) is 20.2 Å². The average molecular weight is 266 g/mol. The highest BCUT2D eigenvalue weighted by molar-refractivity contribution is 6.33. The molecule has 1 heterocycles. The summed E-state index contributed by atoms with van der Waals surface area (Å²) in [5.41, 5.74) is 7.19. The zero-order chi connectivity index (χ0) is 13.1. The van der Waals surface area contributed by atoms with Crippen molar-refractivity contribution in [1.82, 2.24) is 20.2 Å². The molecule has 1 atom stereocenters. The van der Waals surface area contributed by atoms with Gasteiger partial charge in [-0.2, -0.15) is 0 Å². The highest BCUT2D eigenvalue weighted by Gasteiger charge is 2.14. The van der Waals surface area contributed by atoms with E-state index in [0.29, 0.717) is 22.5 Å². The Morgan fingerprint density at radius 2 is 2.22 bits per heavy atom. The van der Waals surface area contributed by atoms with Gasteiger partial charge in [-0.3, -0.25) is 0 Å². The summed E-state index contributed by atoms with van der Waals surface area (Å²) in [6.45, 7) is 5.07. The number of hydrogen-bond acceptors (Lipinski definition) is 4. The maximum absolute atomic E-state index is 6.17. The minimum absolute atomic E-state index is 0.507. The predicted molar refractivity (Wildman–Crippen MR) is 72.1 cm³/mol. The molecule has 0 radical (unpaired) electrons. The number of halogens is 1. The molecule has 1 unspecified atom stereocenters. The molecule has 96 valence electrons. The molecule has 0 fully saturated rings. The van der Waals surface area contributed by atoms with Crippen molar-refractivity contribution in [3.63, 3.8) is 0 Å². The van der Waals surface area contributed by atoms with E-state index in [-0.39, 0.29) is 0 Å². The quantitative estimate of drug-likeness (QED) is 0.863. The Balaban J connectivity index is 2.39. The van der Waals surface area contributed by atoms with Crippen LogP contribution in [0.15, 0.2) is 18.2 Å². The predicted octanol–water partition coefficient (Wildman–Crippen LogP) is 2.62. The van der Waals surface area contributed by atoms with Gasteiger partial charge in [-0.1, -0.05) is 31.9 Å². The molecule has 0 bridgehead atoms. The first-order chi connectivity index (χ1) is 8.61. The monoisotopic (exact) mass is 265 g/mol. The van der Waals surface area contributed by atoms with Gasteiger partial charge in [-0.05, 0) is 34.5 Å². The third kappa shape index (κ3) is 2.61. The molecule has 0 aliphatic heterocycles. The van der Waals surface area contributed by atoms with Gasteiger partial charge in [-0.15, -0.1) is 5.10 Å². The Kier molecular flexibility index (Phi) is 3.81. The van der Waals surface area contributed by atoms with E-state index in [9.17, 15) is 0 Å². The Labute approximate surface area is 111 Å². The van der Waals surface area contributed by atoms with E-state index in [0.717, 1.165) is 18.5 Å². The van der Waals surface area contributed by atoms with Gasteiger partial charge in [-0.25, -0.2) is 4.68 Å². The fourth-order valence-corrected chi connectivity index (χ4v) is 1.86. The molecular weight excluding hydrogens is 250 g/mol. The smallest absolute Gasteiger partial charge is 0.183 e. The van der Waals surface area contributed by atoms with Crippen molar-refractivity contribution in [3.8, 4) is 11.4 Å². The summed E-state index contributed by atoms with van der Waals surface area (Å²) >= 11 is 6.17. The van der Waals surface area contributed by atoms with Crippen molar-refractivity contribution in [2.45, 2.75) is 26.8 Å². The van der Waals surface area contributed by atoms with Crippen molar-refractivity contribution in [1.29, 1.82) is 0 Å². The Hall–Kier alpha value is -1.62. The molecule has 1 aromatic heterocycles. The van der Waals surface area contributed by atoms with Gasteiger partial charge < -0.3 is 5.73 Å². The summed E-state index contributed by atoms with van der Waals surface area (Å²) in [6, 6.07) is 5.31. The molecule has 6 heteroatoms. The molecule has 2 aromatic rings. The molecule has 0 spiro atoms. The topological polar surface area (TPSA) is 69.6 Å². The van der Waals surface area contributed by atoms with E-state index in [2.05, 4.69) is 29.4 Å². The zero-order valence-electron chi connectivity index (χ0n) is 10.5. The van der Waals surface area contributed by atoms with Crippen LogP contribution in [0, 0.1) is 5.92 Å². The van der Waals surface area contributed by atoms with Crippen LogP contribution in [0.25, 0.3) is 11.4 Å². The normalized spacial score (nSPS) is 12.6. The fourth-order valence-electron chi connectivity index (χ4n) is 1.66.